The molecule has 2 aliphatic rings. The molecule has 1 amide bonds. The molecule has 2 aliphatic heterocycles. The van der Waals surface area contributed by atoms with Crippen LogP contribution in [0.15, 0.2) is 70.6 Å². The lowest BCUT2D eigenvalue weighted by molar-refractivity contribution is -0.132. The minimum absolute atomic E-state index is 0.0122. The molecule has 0 spiro atoms. The average Bonchev–Trinajstić information content (AvgIpc) is 3.77. The summed E-state index contributed by atoms with van der Waals surface area (Å²) in [5.74, 6) is 0.638. The molecule has 0 radical (unpaired) electrons. The molecule has 0 saturated carbocycles. The van der Waals surface area contributed by atoms with E-state index in [4.69, 9.17) is 14.2 Å². The van der Waals surface area contributed by atoms with E-state index in [1.807, 2.05) is 26.8 Å². The number of unbranched alkanes of at least 4 members (excludes halogenated alkanes) is 2. The van der Waals surface area contributed by atoms with Gasteiger partial charge in [-0.15, -0.1) is 10.2 Å². The third kappa shape index (κ3) is 7.07. The van der Waals surface area contributed by atoms with Gasteiger partial charge in [0.25, 0.3) is 5.78 Å². The van der Waals surface area contributed by atoms with E-state index in [1.54, 1.807) is 30.3 Å². The highest BCUT2D eigenvalue weighted by molar-refractivity contribution is 8.00. The summed E-state index contributed by atoms with van der Waals surface area (Å²) < 4.78 is 18.5. The molecular formula is C37H39N3O6S2. The number of amides is 1. The van der Waals surface area contributed by atoms with Gasteiger partial charge >= 0.3 is 5.91 Å². The molecule has 0 unspecified atom stereocenters. The molecule has 3 heterocycles. The normalized spacial score (nSPS) is 18.2. The Morgan fingerprint density at radius 3 is 2.60 bits per heavy atom. The van der Waals surface area contributed by atoms with Gasteiger partial charge in [-0.3, -0.25) is 14.5 Å². The monoisotopic (exact) mass is 685 g/mol. The standard InChI is InChI=1S/C37H39N3O6S2/c1-5-7-8-17-45-29-16-13-25(20-30(29)44-6-2)32-31(33(41)26-14-15-28-27(19-26)18-23(4)46-28)34(42)35(43)40(32)36-38-39-37(48-36)47-21-24-11-9-22(3)10-12-24/h9-16,19-20,23,32,41H,5-8,17-18,21H2,1-4H3/t23-,32-/m0/s1. The number of aliphatic hydroxyl groups is 1. The van der Waals surface area contributed by atoms with Crippen molar-refractivity contribution in [3.8, 4) is 17.2 Å². The fraction of sp³-hybridized carbons (Fsp3) is 0.351. The Bertz CT molecular complexity index is 1840. The number of aliphatic hydroxyl groups excluding tert-OH is 1. The van der Waals surface area contributed by atoms with Crippen molar-refractivity contribution in [2.45, 2.75) is 75.6 Å². The fourth-order valence-electron chi connectivity index (χ4n) is 5.87. The minimum Gasteiger partial charge on any atom is -0.507 e. The fourth-order valence-corrected chi connectivity index (χ4v) is 7.70. The number of nitrogens with zero attached hydrogens (tertiary/aromatic N) is 3. The number of Topliss-reactive ketones (excluding diaryl/α,β-unsaturated/α-hetero) is 1. The Hall–Kier alpha value is -4.35. The van der Waals surface area contributed by atoms with Gasteiger partial charge in [0, 0.05) is 17.7 Å². The maximum absolute atomic E-state index is 13.9. The summed E-state index contributed by atoms with van der Waals surface area (Å²) in [6.07, 6.45) is 3.73. The van der Waals surface area contributed by atoms with Crippen LogP contribution in [0.5, 0.6) is 17.2 Å². The summed E-state index contributed by atoms with van der Waals surface area (Å²) in [7, 11) is 0. The number of hydrogen-bond acceptors (Lipinski definition) is 10. The second-order valence-corrected chi connectivity index (χ2v) is 14.1. The summed E-state index contributed by atoms with van der Waals surface area (Å²) >= 11 is 2.74. The number of ether oxygens (including phenoxy) is 3. The first-order valence-corrected chi connectivity index (χ1v) is 18.1. The van der Waals surface area contributed by atoms with E-state index in [-0.39, 0.29) is 22.6 Å². The molecule has 11 heteroatoms. The van der Waals surface area contributed by atoms with Gasteiger partial charge in [0.1, 0.15) is 17.6 Å². The predicted octanol–water partition coefficient (Wildman–Crippen LogP) is 8.06. The number of fused-ring (bicyclic) bond motifs is 1. The van der Waals surface area contributed by atoms with Crippen LogP contribution in [0, 0.1) is 6.92 Å². The summed E-state index contributed by atoms with van der Waals surface area (Å²) in [5, 5.41) is 20.8. The number of rotatable bonds is 13. The number of anilines is 1. The molecule has 48 heavy (non-hydrogen) atoms. The van der Waals surface area contributed by atoms with Crippen molar-refractivity contribution in [2.75, 3.05) is 18.1 Å². The van der Waals surface area contributed by atoms with Crippen LogP contribution in [0.1, 0.15) is 73.9 Å². The Kier molecular flexibility index (Phi) is 10.4. The van der Waals surface area contributed by atoms with Crippen LogP contribution in [0.2, 0.25) is 0 Å². The topological polar surface area (TPSA) is 111 Å². The van der Waals surface area contributed by atoms with E-state index in [0.29, 0.717) is 52.4 Å². The van der Waals surface area contributed by atoms with Crippen LogP contribution in [0.3, 0.4) is 0 Å². The van der Waals surface area contributed by atoms with Crippen molar-refractivity contribution in [1.82, 2.24) is 10.2 Å². The summed E-state index contributed by atoms with van der Waals surface area (Å²) in [4.78, 5) is 29.1. The molecule has 4 aromatic rings. The molecule has 1 aromatic heterocycles. The Morgan fingerprint density at radius 2 is 1.83 bits per heavy atom. The van der Waals surface area contributed by atoms with Gasteiger partial charge < -0.3 is 19.3 Å². The smallest absolute Gasteiger partial charge is 0.301 e. The number of carbonyl (C=O) groups is 2. The Morgan fingerprint density at radius 1 is 1.02 bits per heavy atom. The predicted molar refractivity (Wildman–Crippen MR) is 188 cm³/mol. The molecule has 1 saturated heterocycles. The van der Waals surface area contributed by atoms with Crippen molar-refractivity contribution in [3.63, 3.8) is 0 Å². The zero-order chi connectivity index (χ0) is 33.8. The van der Waals surface area contributed by atoms with Gasteiger partial charge in [0.05, 0.1) is 24.8 Å². The summed E-state index contributed by atoms with van der Waals surface area (Å²) in [5.41, 5.74) is 4.22. The number of ketones is 1. The van der Waals surface area contributed by atoms with Gasteiger partial charge in [-0.2, -0.15) is 0 Å². The summed E-state index contributed by atoms with van der Waals surface area (Å²) in [6.45, 7) is 8.98. The molecular weight excluding hydrogens is 647 g/mol. The van der Waals surface area contributed by atoms with Gasteiger partial charge in [0.15, 0.2) is 15.8 Å². The lowest BCUT2D eigenvalue weighted by Gasteiger charge is -2.23. The van der Waals surface area contributed by atoms with Gasteiger partial charge in [0.2, 0.25) is 5.13 Å². The highest BCUT2D eigenvalue weighted by Gasteiger charge is 2.48. The van der Waals surface area contributed by atoms with Gasteiger partial charge in [-0.1, -0.05) is 78.8 Å². The third-order valence-corrected chi connectivity index (χ3v) is 10.4. The molecule has 9 nitrogen and oxygen atoms in total. The maximum Gasteiger partial charge on any atom is 0.301 e. The van der Waals surface area contributed by atoms with Crippen LogP contribution in [-0.4, -0.2) is 46.3 Å². The van der Waals surface area contributed by atoms with Crippen LogP contribution in [0.25, 0.3) is 5.76 Å². The number of hydrogen-bond donors (Lipinski definition) is 1. The van der Waals surface area contributed by atoms with Crippen LogP contribution < -0.4 is 19.1 Å². The summed E-state index contributed by atoms with van der Waals surface area (Å²) in [6, 6.07) is 18.0. The van der Waals surface area contributed by atoms with E-state index in [1.165, 1.54) is 33.6 Å². The largest absolute Gasteiger partial charge is 0.507 e. The van der Waals surface area contributed by atoms with Crippen molar-refractivity contribution in [1.29, 1.82) is 0 Å². The Balaban J connectivity index is 1.39. The highest BCUT2D eigenvalue weighted by Crippen LogP contribution is 2.46. The van der Waals surface area contributed by atoms with E-state index in [0.717, 1.165) is 36.1 Å². The molecule has 1 fully saturated rings. The zero-order valence-corrected chi connectivity index (χ0v) is 29.2. The maximum atomic E-state index is 13.9. The minimum atomic E-state index is -0.982. The third-order valence-electron chi connectivity index (χ3n) is 8.29. The van der Waals surface area contributed by atoms with Crippen molar-refractivity contribution >= 4 is 45.7 Å². The van der Waals surface area contributed by atoms with Crippen LogP contribution in [0.4, 0.5) is 5.13 Å². The van der Waals surface area contributed by atoms with E-state index < -0.39 is 17.7 Å². The van der Waals surface area contributed by atoms with E-state index in [2.05, 4.69) is 41.4 Å². The molecule has 2 atom stereocenters. The average molecular weight is 686 g/mol. The number of benzene rings is 3. The number of carbonyl (C=O) groups excluding carboxylic acids is 2. The van der Waals surface area contributed by atoms with Gasteiger partial charge in [-0.25, -0.2) is 0 Å². The molecule has 6 rings (SSSR count). The molecule has 0 aliphatic carbocycles. The van der Waals surface area contributed by atoms with Crippen LogP contribution >= 0.6 is 23.1 Å². The lowest BCUT2D eigenvalue weighted by atomic mass is 9.94. The molecule has 250 valence electrons. The number of aryl methyl sites for hydroxylation is 1. The van der Waals surface area contributed by atoms with Gasteiger partial charge in [-0.05, 0) is 74.2 Å². The first-order chi connectivity index (χ1) is 23.3. The number of aromatic nitrogens is 2. The van der Waals surface area contributed by atoms with E-state index >= 15 is 0 Å². The quantitative estimate of drug-likeness (QED) is 0.0373. The lowest BCUT2D eigenvalue weighted by Crippen LogP contribution is -2.29. The number of thioether (sulfide) groups is 1. The molecule has 1 N–H and O–H groups in total. The second-order valence-electron chi connectivity index (χ2n) is 11.9. The zero-order valence-electron chi connectivity index (χ0n) is 27.5. The highest BCUT2D eigenvalue weighted by atomic mass is 32.2. The SMILES string of the molecule is CCCCCOc1ccc([C@H]2C(=C(O)c3ccc4c(c3)C[C@H](C)O4)C(=O)C(=O)N2c2nnc(SCc3ccc(C)cc3)s2)cc1OCC. The van der Waals surface area contributed by atoms with E-state index in [9.17, 15) is 14.7 Å². The first-order valence-electron chi connectivity index (χ1n) is 16.3. The first kappa shape index (κ1) is 33.5. The van der Waals surface area contributed by atoms with Crippen molar-refractivity contribution in [2.24, 2.45) is 0 Å². The molecule has 0 bridgehead atoms. The van der Waals surface area contributed by atoms with Crippen molar-refractivity contribution < 1.29 is 28.9 Å². The Labute approximate surface area is 288 Å². The molecule has 3 aromatic carbocycles. The van der Waals surface area contributed by atoms with Crippen molar-refractivity contribution in [3.05, 3.63) is 94.1 Å². The second kappa shape index (κ2) is 14.8. The van der Waals surface area contributed by atoms with Crippen LogP contribution in [-0.2, 0) is 21.8 Å².